The Morgan fingerprint density at radius 1 is 0.366 bits per heavy atom. The Kier molecular flexibility index (Phi) is 19.9. The van der Waals surface area contributed by atoms with E-state index in [4.69, 9.17) is 15.3 Å². The van der Waals surface area contributed by atoms with Gasteiger partial charge >= 0.3 is 37.1 Å². The zero-order chi connectivity index (χ0) is 32.6. The van der Waals surface area contributed by atoms with Crippen molar-refractivity contribution in [2.45, 2.75) is 37.1 Å². The molecule has 0 unspecified atom stereocenters. The van der Waals surface area contributed by atoms with Crippen LogP contribution in [0.5, 0.6) is 0 Å². The minimum absolute atomic E-state index is 0. The van der Waals surface area contributed by atoms with Crippen molar-refractivity contribution in [3.63, 3.8) is 0 Å². The van der Waals surface area contributed by atoms with E-state index in [0.717, 1.165) is 0 Å². The van der Waals surface area contributed by atoms with Crippen LogP contribution in [0.1, 0.15) is 0 Å². The van der Waals surface area contributed by atoms with E-state index in [1.165, 1.54) is 0 Å². The molecule has 248 valence electrons. The first kappa shape index (κ1) is 48.3. The summed E-state index contributed by atoms with van der Waals surface area (Å²) in [6.07, 6.45) is -35.0. The standard InChI is InChI=1S/3C5H2F6O2.Er.H2O/c3*6-4(7,8)2(12)1-3(13)5(9,10)11;;/h3*1,12H;;1H2/b3*2-1-;;. The van der Waals surface area contributed by atoms with E-state index in [0.29, 0.717) is 0 Å². The Bertz CT molecular complexity index is 836. The van der Waals surface area contributed by atoms with Crippen LogP contribution in [-0.4, -0.2) is 75.2 Å². The van der Waals surface area contributed by atoms with Crippen molar-refractivity contribution < 1.29 is 152 Å². The molecule has 0 aromatic carbocycles. The Balaban J connectivity index is -0.000000154. The monoisotopic (exact) mass is 808 g/mol. The SMILES string of the molecule is O.O=C(/C=C(\O)C(F)(F)F)C(F)(F)F.O=C(/C=C(\O)C(F)(F)F)C(F)(F)F.O=C(/C=C(\O)C(F)(F)F)C(F)(F)F.[Er]. The number of aliphatic hydroxyl groups excluding tert-OH is 3. The second-order valence-corrected chi connectivity index (χ2v) is 5.67. The minimum Gasteiger partial charge on any atom is -0.504 e. The normalized spacial score (nSPS) is 13.8. The van der Waals surface area contributed by atoms with Crippen LogP contribution in [0.4, 0.5) is 79.0 Å². The van der Waals surface area contributed by atoms with E-state index in [-0.39, 0.29) is 42.8 Å². The van der Waals surface area contributed by atoms with Crippen molar-refractivity contribution in [3.05, 3.63) is 35.5 Å². The van der Waals surface area contributed by atoms with Gasteiger partial charge in [-0.3, -0.25) is 14.4 Å². The summed E-state index contributed by atoms with van der Waals surface area (Å²) >= 11 is 0. The van der Waals surface area contributed by atoms with Gasteiger partial charge in [0.05, 0.1) is 0 Å². The largest absolute Gasteiger partial charge is 0.504 e. The number of hydrogen-bond acceptors (Lipinski definition) is 6. The molecule has 0 aromatic rings. The molecule has 0 aromatic heterocycles. The summed E-state index contributed by atoms with van der Waals surface area (Å²) in [6, 6.07) is 0. The van der Waals surface area contributed by atoms with Crippen LogP contribution < -0.4 is 0 Å². The van der Waals surface area contributed by atoms with Crippen molar-refractivity contribution in [1.82, 2.24) is 0 Å². The molecule has 0 spiro atoms. The van der Waals surface area contributed by atoms with Crippen LogP contribution in [0, 0.1) is 37.3 Å². The summed E-state index contributed by atoms with van der Waals surface area (Å²) in [5.41, 5.74) is 0. The molecule has 0 rings (SSSR count). The van der Waals surface area contributed by atoms with Gasteiger partial charge in [-0.15, -0.1) is 0 Å². The quantitative estimate of drug-likeness (QED) is 0.194. The third-order valence-electron chi connectivity index (χ3n) is 2.51. The second kappa shape index (κ2) is 16.9. The first-order chi connectivity index (χ1) is 16.6. The van der Waals surface area contributed by atoms with Gasteiger partial charge in [-0.05, 0) is 0 Å². The van der Waals surface area contributed by atoms with Crippen molar-refractivity contribution >= 4 is 17.3 Å². The molecule has 0 aliphatic heterocycles. The van der Waals surface area contributed by atoms with Crippen molar-refractivity contribution in [2.75, 3.05) is 0 Å². The van der Waals surface area contributed by atoms with Crippen LogP contribution in [0.2, 0.25) is 0 Å². The molecule has 0 atom stereocenters. The summed E-state index contributed by atoms with van der Waals surface area (Å²) in [5, 5.41) is 23.8. The number of carbonyl (C=O) groups excluding carboxylic acids is 3. The van der Waals surface area contributed by atoms with Gasteiger partial charge in [-0.25, -0.2) is 0 Å². The number of aliphatic hydroxyl groups is 3. The maximum absolute atomic E-state index is 11.4. The number of halogens is 18. The summed E-state index contributed by atoms with van der Waals surface area (Å²) in [6.45, 7) is 0. The molecule has 0 radical (unpaired) electrons. The number of alkyl halides is 18. The number of hydrogen-bond donors (Lipinski definition) is 3. The van der Waals surface area contributed by atoms with E-state index in [2.05, 4.69) is 0 Å². The minimum atomic E-state index is -5.42. The topological polar surface area (TPSA) is 143 Å². The van der Waals surface area contributed by atoms with Crippen LogP contribution >= 0.6 is 0 Å². The molecule has 0 amide bonds. The van der Waals surface area contributed by atoms with Gasteiger partial charge in [-0.2, -0.15) is 79.0 Å². The molecule has 0 saturated carbocycles. The summed E-state index contributed by atoms with van der Waals surface area (Å²) < 4.78 is 204. The number of ketones is 3. The van der Waals surface area contributed by atoms with Crippen LogP contribution in [-0.2, 0) is 14.4 Å². The number of rotatable bonds is 3. The third kappa shape index (κ3) is 22.9. The van der Waals surface area contributed by atoms with Crippen LogP contribution in [0.15, 0.2) is 35.5 Å². The van der Waals surface area contributed by atoms with Crippen molar-refractivity contribution in [1.29, 1.82) is 0 Å². The molecule has 0 fully saturated rings. The molecule has 0 aliphatic carbocycles. The zero-order valence-corrected chi connectivity index (χ0v) is 19.7. The molecule has 0 aliphatic rings. The first-order valence-electron chi connectivity index (χ1n) is 7.92. The third-order valence-corrected chi connectivity index (χ3v) is 2.51. The number of allylic oxidation sites excluding steroid dienone is 6. The van der Waals surface area contributed by atoms with E-state index >= 15 is 0 Å². The Hall–Kier alpha value is -2.42. The Morgan fingerprint density at radius 3 is 0.561 bits per heavy atom. The molecule has 0 bridgehead atoms. The summed E-state index contributed by atoms with van der Waals surface area (Å²) in [4.78, 5) is 29.6. The van der Waals surface area contributed by atoms with Gasteiger partial charge in [-0.1, -0.05) is 0 Å². The van der Waals surface area contributed by atoms with Gasteiger partial charge < -0.3 is 20.8 Å². The predicted octanol–water partition coefficient (Wildman–Crippen LogP) is 5.54. The van der Waals surface area contributed by atoms with E-state index < -0.39 is 89.9 Å². The molecule has 0 saturated heterocycles. The maximum atomic E-state index is 11.4. The number of carbonyl (C=O) groups is 3. The van der Waals surface area contributed by atoms with Gasteiger partial charge in [0.1, 0.15) is 0 Å². The van der Waals surface area contributed by atoms with Crippen LogP contribution in [0.3, 0.4) is 0 Å². The second-order valence-electron chi connectivity index (χ2n) is 5.67. The predicted molar refractivity (Wildman–Crippen MR) is 87.1 cm³/mol. The zero-order valence-electron chi connectivity index (χ0n) is 17.9. The van der Waals surface area contributed by atoms with E-state index in [1.54, 1.807) is 0 Å². The molecule has 26 heteroatoms. The first-order valence-corrected chi connectivity index (χ1v) is 7.92. The average molecular weight is 809 g/mol. The molecule has 0 heterocycles. The fourth-order valence-electron chi connectivity index (χ4n) is 0.864. The van der Waals surface area contributed by atoms with Gasteiger partial charge in [0.15, 0.2) is 0 Å². The van der Waals surface area contributed by atoms with Gasteiger partial charge in [0.25, 0.3) is 17.3 Å². The average Bonchev–Trinajstić information content (AvgIpc) is 2.64. The molecule has 5 N–H and O–H groups in total. The summed E-state index contributed by atoms with van der Waals surface area (Å²) in [7, 11) is 0. The summed E-state index contributed by atoms with van der Waals surface area (Å²) in [5.74, 6) is -16.0. The van der Waals surface area contributed by atoms with Gasteiger partial charge in [0, 0.05) is 55.5 Å². The van der Waals surface area contributed by atoms with E-state index in [9.17, 15) is 93.4 Å². The fraction of sp³-hybridized carbons (Fsp3) is 0.400. The van der Waals surface area contributed by atoms with Crippen molar-refractivity contribution in [3.8, 4) is 0 Å². The Morgan fingerprint density at radius 2 is 0.488 bits per heavy atom. The maximum Gasteiger partial charge on any atom is 0.454 e. The molecular weight excluding hydrogens is 801 g/mol. The molecular formula is C15H8ErF18O7. The van der Waals surface area contributed by atoms with Crippen molar-refractivity contribution in [2.24, 2.45) is 0 Å². The Labute approximate surface area is 241 Å². The van der Waals surface area contributed by atoms with Gasteiger partial charge in [0.2, 0.25) is 17.3 Å². The fourth-order valence-corrected chi connectivity index (χ4v) is 0.864. The molecule has 41 heavy (non-hydrogen) atoms. The molecule has 7 nitrogen and oxygen atoms in total. The van der Waals surface area contributed by atoms with Crippen LogP contribution in [0.25, 0.3) is 0 Å². The smallest absolute Gasteiger partial charge is 0.454 e. The van der Waals surface area contributed by atoms with E-state index in [1.807, 2.05) is 0 Å².